The molecule has 15 heteroatoms. The van der Waals surface area contributed by atoms with E-state index in [-0.39, 0.29) is 36.0 Å². The van der Waals surface area contributed by atoms with Crippen molar-refractivity contribution in [1.82, 2.24) is 25.2 Å². The lowest BCUT2D eigenvalue weighted by molar-refractivity contribution is -0.141. The number of halogens is 4. The van der Waals surface area contributed by atoms with Gasteiger partial charge in [-0.3, -0.25) is 29.6 Å². The summed E-state index contributed by atoms with van der Waals surface area (Å²) in [7, 11) is 0. The quantitative estimate of drug-likeness (QED) is 0.138. The van der Waals surface area contributed by atoms with Gasteiger partial charge in [-0.15, -0.1) is 0 Å². The van der Waals surface area contributed by atoms with Gasteiger partial charge in [0.2, 0.25) is 17.8 Å². The highest BCUT2D eigenvalue weighted by Gasteiger charge is 2.33. The average molecular weight is 669 g/mol. The van der Waals surface area contributed by atoms with Gasteiger partial charge >= 0.3 is 6.18 Å². The molecule has 2 aliphatic heterocycles. The van der Waals surface area contributed by atoms with Crippen LogP contribution in [-0.4, -0.2) is 55.8 Å². The number of aromatic nitrogens is 3. The number of aliphatic hydroxyl groups is 1. The van der Waals surface area contributed by atoms with Gasteiger partial charge in [0.25, 0.3) is 5.91 Å². The summed E-state index contributed by atoms with van der Waals surface area (Å²) in [5.41, 5.74) is -0.390. The Morgan fingerprint density at radius 2 is 1.83 bits per heavy atom. The van der Waals surface area contributed by atoms with Crippen molar-refractivity contribution in [3.8, 4) is 0 Å². The van der Waals surface area contributed by atoms with E-state index < -0.39 is 41.2 Å². The van der Waals surface area contributed by atoms with Crippen molar-refractivity contribution in [2.24, 2.45) is 0 Å². The first-order valence-corrected chi connectivity index (χ1v) is 15.4. The number of alkyl halides is 3. The lowest BCUT2D eigenvalue weighted by atomic mass is 9.90. The highest BCUT2D eigenvalue weighted by Crippen LogP contribution is 2.36. The fourth-order valence-corrected chi connectivity index (χ4v) is 6.07. The van der Waals surface area contributed by atoms with E-state index in [1.807, 2.05) is 0 Å². The number of carbonyl (C=O) groups excluding carboxylic acids is 3. The number of likely N-dealkylation sites (tertiary alicyclic amines) is 1. The minimum Gasteiger partial charge on any atom is -0.440 e. The summed E-state index contributed by atoms with van der Waals surface area (Å²) >= 11 is 0. The van der Waals surface area contributed by atoms with Crippen LogP contribution in [0.2, 0.25) is 0 Å². The SMILES string of the molecule is CC(C)(O)c1cc2nc(C3CCN(Cc4cc(C5CCC(=O)NC5=O)cnc4F)CC3)oc2cc1NC(=O)c1ccc(C(F)(F)F)nc1. The van der Waals surface area contributed by atoms with E-state index in [9.17, 15) is 37.1 Å². The van der Waals surface area contributed by atoms with Gasteiger partial charge in [0.15, 0.2) is 11.5 Å². The molecular weight excluding hydrogens is 636 g/mol. The van der Waals surface area contributed by atoms with Gasteiger partial charge in [0.1, 0.15) is 11.2 Å². The normalized spacial score (nSPS) is 18.3. The lowest BCUT2D eigenvalue weighted by Gasteiger charge is -2.30. The van der Waals surface area contributed by atoms with E-state index in [1.54, 1.807) is 12.1 Å². The molecule has 3 N–H and O–H groups in total. The summed E-state index contributed by atoms with van der Waals surface area (Å²) in [5, 5.41) is 15.8. The van der Waals surface area contributed by atoms with E-state index in [1.165, 1.54) is 26.1 Å². The van der Waals surface area contributed by atoms with E-state index in [0.717, 1.165) is 18.3 Å². The number of benzene rings is 1. The van der Waals surface area contributed by atoms with Gasteiger partial charge in [-0.05, 0) is 76.0 Å². The van der Waals surface area contributed by atoms with E-state index in [2.05, 4.69) is 30.5 Å². The molecule has 0 radical (unpaired) electrons. The second kappa shape index (κ2) is 12.7. The van der Waals surface area contributed by atoms with Crippen LogP contribution in [0.25, 0.3) is 11.1 Å². The highest BCUT2D eigenvalue weighted by atomic mass is 19.4. The average Bonchev–Trinajstić information content (AvgIpc) is 3.44. The molecular formula is C33H32F4N6O5. The van der Waals surface area contributed by atoms with E-state index in [0.29, 0.717) is 66.0 Å². The van der Waals surface area contributed by atoms with Crippen LogP contribution in [0.4, 0.5) is 23.2 Å². The molecule has 2 fully saturated rings. The minimum absolute atomic E-state index is 0.0618. The summed E-state index contributed by atoms with van der Waals surface area (Å²) in [6, 6.07) is 6.50. The summed E-state index contributed by atoms with van der Waals surface area (Å²) in [6.07, 6.45) is -0.620. The second-order valence-electron chi connectivity index (χ2n) is 12.6. The lowest BCUT2D eigenvalue weighted by Crippen LogP contribution is -2.39. The number of rotatable bonds is 7. The van der Waals surface area contributed by atoms with Crippen LogP contribution in [0.1, 0.15) is 90.0 Å². The fraction of sp³-hybridized carbons (Fsp3) is 0.394. The smallest absolute Gasteiger partial charge is 0.433 e. The Balaban J connectivity index is 1.15. The molecule has 0 saturated carbocycles. The summed E-state index contributed by atoms with van der Waals surface area (Å²) in [4.78, 5) is 50.7. The topological polar surface area (TPSA) is 151 Å². The molecule has 1 aromatic carbocycles. The molecule has 1 unspecified atom stereocenters. The first-order chi connectivity index (χ1) is 22.7. The third-order valence-electron chi connectivity index (χ3n) is 8.67. The van der Waals surface area contributed by atoms with Crippen molar-refractivity contribution in [2.45, 2.75) is 69.7 Å². The number of hydrogen-bond donors (Lipinski definition) is 3. The monoisotopic (exact) mass is 668 g/mol. The maximum Gasteiger partial charge on any atom is 0.433 e. The Labute approximate surface area is 271 Å². The molecule has 0 spiro atoms. The van der Waals surface area contributed by atoms with Gasteiger partial charge in [0, 0.05) is 48.5 Å². The van der Waals surface area contributed by atoms with E-state index in [4.69, 9.17) is 4.42 Å². The van der Waals surface area contributed by atoms with Crippen molar-refractivity contribution in [3.05, 3.63) is 82.5 Å². The van der Waals surface area contributed by atoms with Gasteiger partial charge in [-0.25, -0.2) is 9.97 Å². The number of piperidine rings is 2. The van der Waals surface area contributed by atoms with Crippen LogP contribution in [0, 0.1) is 5.95 Å². The van der Waals surface area contributed by atoms with Crippen LogP contribution in [0.3, 0.4) is 0 Å². The maximum atomic E-state index is 14.7. The molecule has 2 aliphatic rings. The molecule has 3 aromatic heterocycles. The zero-order valence-electron chi connectivity index (χ0n) is 26.0. The van der Waals surface area contributed by atoms with Crippen molar-refractivity contribution >= 4 is 34.5 Å². The molecule has 3 amide bonds. The summed E-state index contributed by atoms with van der Waals surface area (Å²) in [6.45, 7) is 4.54. The number of imide groups is 1. The molecule has 252 valence electrons. The fourth-order valence-electron chi connectivity index (χ4n) is 6.07. The van der Waals surface area contributed by atoms with Crippen molar-refractivity contribution in [2.75, 3.05) is 18.4 Å². The molecule has 11 nitrogen and oxygen atoms in total. The zero-order valence-corrected chi connectivity index (χ0v) is 26.0. The first kappa shape index (κ1) is 33.2. The molecule has 6 rings (SSSR count). The van der Waals surface area contributed by atoms with Gasteiger partial charge in [-0.1, -0.05) is 0 Å². The number of nitrogens with one attached hydrogen (secondary N) is 2. The number of oxazole rings is 1. The standard InChI is InChI=1S/C33H32F4N6O5/c1-32(2,47)22-12-24-25(13-23(22)40-29(45)18-3-5-26(38-14-18)33(35,36)37)48-31(41-24)17-7-9-43(10-8-17)16-20-11-19(15-39-28(20)34)21-4-6-27(44)42-30(21)46/h3,5,11-15,17,21,47H,4,6-10,16H2,1-2H3,(H,40,45)(H,42,44,46). The van der Waals surface area contributed by atoms with Gasteiger partial charge < -0.3 is 14.8 Å². The molecule has 0 bridgehead atoms. The largest absolute Gasteiger partial charge is 0.440 e. The van der Waals surface area contributed by atoms with Crippen LogP contribution < -0.4 is 10.6 Å². The number of hydrogen-bond acceptors (Lipinski definition) is 9. The molecule has 48 heavy (non-hydrogen) atoms. The third kappa shape index (κ3) is 7.06. The molecule has 1 atom stereocenters. The summed E-state index contributed by atoms with van der Waals surface area (Å²) in [5.74, 6) is -2.23. The number of anilines is 1. The first-order valence-electron chi connectivity index (χ1n) is 15.4. The Hall–Kier alpha value is -4.76. The summed E-state index contributed by atoms with van der Waals surface area (Å²) < 4.78 is 59.5. The van der Waals surface area contributed by atoms with Crippen LogP contribution in [0.5, 0.6) is 0 Å². The van der Waals surface area contributed by atoms with Crippen molar-refractivity contribution in [3.63, 3.8) is 0 Å². The van der Waals surface area contributed by atoms with Crippen LogP contribution in [0.15, 0.2) is 47.1 Å². The number of pyridine rings is 2. The molecule has 0 aliphatic carbocycles. The number of carbonyl (C=O) groups is 3. The minimum atomic E-state index is -4.64. The highest BCUT2D eigenvalue weighted by molar-refractivity contribution is 6.05. The molecule has 4 aromatic rings. The molecule has 5 heterocycles. The van der Waals surface area contributed by atoms with Crippen LogP contribution >= 0.6 is 0 Å². The Morgan fingerprint density at radius 1 is 1.08 bits per heavy atom. The second-order valence-corrected chi connectivity index (χ2v) is 12.6. The van der Waals surface area contributed by atoms with Gasteiger partial charge in [-0.2, -0.15) is 17.6 Å². The third-order valence-corrected chi connectivity index (χ3v) is 8.67. The Bertz CT molecular complexity index is 1880. The molecule has 2 saturated heterocycles. The number of amides is 3. The Morgan fingerprint density at radius 3 is 2.48 bits per heavy atom. The predicted molar refractivity (Wildman–Crippen MR) is 163 cm³/mol. The number of fused-ring (bicyclic) bond motifs is 1. The van der Waals surface area contributed by atoms with E-state index >= 15 is 0 Å². The van der Waals surface area contributed by atoms with Crippen LogP contribution in [-0.2, 0) is 27.9 Å². The van der Waals surface area contributed by atoms with Crippen molar-refractivity contribution in [1.29, 1.82) is 0 Å². The van der Waals surface area contributed by atoms with Crippen molar-refractivity contribution < 1.29 is 41.5 Å². The zero-order chi connectivity index (χ0) is 34.4. The number of nitrogens with zero attached hydrogens (tertiary/aromatic N) is 4. The Kier molecular flexibility index (Phi) is 8.76. The predicted octanol–water partition coefficient (Wildman–Crippen LogP) is 5.16. The van der Waals surface area contributed by atoms with Gasteiger partial charge in [0.05, 0.1) is 22.8 Å². The maximum absolute atomic E-state index is 14.7.